The zero-order valence-corrected chi connectivity index (χ0v) is 15.6. The number of rotatable bonds is 6. The molecular weight excluding hydrogens is 380 g/mol. The van der Waals surface area contributed by atoms with Crippen LogP contribution in [0.4, 0.5) is 0 Å². The van der Waals surface area contributed by atoms with Crippen molar-refractivity contribution < 1.29 is 29.9 Å². The molecule has 10 heteroatoms. The third kappa shape index (κ3) is 4.34. The molecule has 1 aromatic carbocycles. The molecule has 0 aliphatic carbocycles. The topological polar surface area (TPSA) is 125 Å². The lowest BCUT2D eigenvalue weighted by Gasteiger charge is -2.39. The van der Waals surface area contributed by atoms with Crippen LogP contribution in [0.2, 0.25) is 0 Å². The molecule has 4 N–H and O–H groups in total. The summed E-state index contributed by atoms with van der Waals surface area (Å²) < 4.78 is 11.2. The molecule has 0 saturated carbocycles. The summed E-state index contributed by atoms with van der Waals surface area (Å²) >= 11 is 2.45. The molecule has 0 radical (unpaired) electrons. The smallest absolute Gasteiger partial charge is 0.176 e. The Kier molecular flexibility index (Phi) is 6.46. The minimum absolute atomic E-state index is 0.459. The molecule has 1 aliphatic heterocycles. The van der Waals surface area contributed by atoms with E-state index in [2.05, 4.69) is 10.2 Å². The number of benzene rings is 1. The summed E-state index contributed by atoms with van der Waals surface area (Å²) in [7, 11) is 1.61. The monoisotopic (exact) mass is 400 g/mol. The van der Waals surface area contributed by atoms with E-state index >= 15 is 0 Å². The lowest BCUT2D eigenvalue weighted by molar-refractivity contribution is -0.205. The predicted octanol–water partition coefficient (Wildman–Crippen LogP) is 0.0295. The highest BCUT2D eigenvalue weighted by atomic mass is 32.2. The molecule has 1 fully saturated rings. The van der Waals surface area contributed by atoms with Gasteiger partial charge in [0.2, 0.25) is 0 Å². The van der Waals surface area contributed by atoms with Crippen molar-refractivity contribution in [2.24, 2.45) is 0 Å². The molecule has 3 rings (SSSR count). The predicted molar refractivity (Wildman–Crippen MR) is 95.3 cm³/mol. The Morgan fingerprint density at radius 2 is 2.00 bits per heavy atom. The van der Waals surface area contributed by atoms with Crippen LogP contribution < -0.4 is 4.74 Å². The Morgan fingerprint density at radius 3 is 2.73 bits per heavy atom. The Hall–Kier alpha value is -1.27. The maximum atomic E-state index is 10.1. The van der Waals surface area contributed by atoms with Crippen LogP contribution in [0.5, 0.6) is 5.75 Å². The van der Waals surface area contributed by atoms with E-state index in [0.717, 1.165) is 28.1 Å². The van der Waals surface area contributed by atoms with Gasteiger partial charge >= 0.3 is 0 Å². The fraction of sp³-hybridized carbons (Fsp3) is 0.500. The maximum absolute atomic E-state index is 10.1. The summed E-state index contributed by atoms with van der Waals surface area (Å²) in [6.45, 7) is -0.459. The van der Waals surface area contributed by atoms with Crippen molar-refractivity contribution in [2.75, 3.05) is 13.7 Å². The van der Waals surface area contributed by atoms with Gasteiger partial charge < -0.3 is 29.9 Å². The Labute approximate surface area is 158 Å². The first-order chi connectivity index (χ1) is 12.5. The van der Waals surface area contributed by atoms with Crippen molar-refractivity contribution in [3.63, 3.8) is 0 Å². The van der Waals surface area contributed by atoms with E-state index < -0.39 is 36.5 Å². The van der Waals surface area contributed by atoms with Crippen LogP contribution in [-0.2, 0) is 11.2 Å². The molecule has 142 valence electrons. The molecule has 5 atom stereocenters. The third-order valence-corrected chi connectivity index (χ3v) is 6.17. The van der Waals surface area contributed by atoms with Crippen molar-refractivity contribution in [3.8, 4) is 5.75 Å². The Balaban J connectivity index is 1.66. The Morgan fingerprint density at radius 1 is 1.19 bits per heavy atom. The SMILES string of the molecule is COc1cccc(Cc2nnc(S[C@@H]3O[C@H](CO)[C@@H](O)[C@H](O)[C@H]3O)s2)c1. The normalized spacial score (nSPS) is 28.9. The molecule has 0 amide bonds. The first-order valence-corrected chi connectivity index (χ1v) is 9.64. The first kappa shape index (κ1) is 19.5. The maximum Gasteiger partial charge on any atom is 0.176 e. The fourth-order valence-corrected chi connectivity index (χ4v) is 4.73. The van der Waals surface area contributed by atoms with Gasteiger partial charge in [-0.05, 0) is 17.7 Å². The van der Waals surface area contributed by atoms with Crippen molar-refractivity contribution in [3.05, 3.63) is 34.8 Å². The quantitative estimate of drug-likeness (QED) is 0.531. The minimum Gasteiger partial charge on any atom is -0.497 e. The highest BCUT2D eigenvalue weighted by Crippen LogP contribution is 2.35. The minimum atomic E-state index is -1.40. The molecule has 2 aromatic rings. The van der Waals surface area contributed by atoms with Gasteiger partial charge in [0.25, 0.3) is 0 Å². The molecule has 0 bridgehead atoms. The highest BCUT2D eigenvalue weighted by molar-refractivity contribution is 8.01. The average Bonchev–Trinajstić information content (AvgIpc) is 3.09. The molecule has 0 unspecified atom stereocenters. The number of aromatic nitrogens is 2. The Bertz CT molecular complexity index is 728. The summed E-state index contributed by atoms with van der Waals surface area (Å²) in [6.07, 6.45) is -4.42. The molecular formula is C16H20N2O6S2. The molecule has 2 heterocycles. The van der Waals surface area contributed by atoms with Gasteiger partial charge in [0.1, 0.15) is 40.6 Å². The summed E-state index contributed by atoms with van der Waals surface area (Å²) in [6, 6.07) is 7.66. The van der Waals surface area contributed by atoms with E-state index in [0.29, 0.717) is 10.8 Å². The van der Waals surface area contributed by atoms with Crippen LogP contribution in [0.25, 0.3) is 0 Å². The summed E-state index contributed by atoms with van der Waals surface area (Å²) in [5, 5.41) is 48.0. The summed E-state index contributed by atoms with van der Waals surface area (Å²) in [5.74, 6) is 0.767. The van der Waals surface area contributed by atoms with Crippen molar-refractivity contribution in [1.82, 2.24) is 10.2 Å². The number of hydrogen-bond donors (Lipinski definition) is 4. The van der Waals surface area contributed by atoms with Gasteiger partial charge in [-0.1, -0.05) is 35.2 Å². The number of hydrogen-bond acceptors (Lipinski definition) is 10. The van der Waals surface area contributed by atoms with Crippen molar-refractivity contribution in [1.29, 1.82) is 0 Å². The van der Waals surface area contributed by atoms with Gasteiger partial charge in [0, 0.05) is 6.42 Å². The van der Waals surface area contributed by atoms with E-state index in [9.17, 15) is 20.4 Å². The van der Waals surface area contributed by atoms with E-state index in [1.807, 2.05) is 24.3 Å². The molecule has 26 heavy (non-hydrogen) atoms. The van der Waals surface area contributed by atoms with Gasteiger partial charge in [-0.15, -0.1) is 10.2 Å². The van der Waals surface area contributed by atoms with Crippen LogP contribution in [0, 0.1) is 0 Å². The van der Waals surface area contributed by atoms with E-state index in [4.69, 9.17) is 9.47 Å². The molecule has 8 nitrogen and oxygen atoms in total. The number of methoxy groups -OCH3 is 1. The second-order valence-corrected chi connectivity index (χ2v) is 8.21. The number of nitrogens with zero attached hydrogens (tertiary/aromatic N) is 2. The van der Waals surface area contributed by atoms with E-state index in [1.165, 1.54) is 11.3 Å². The lowest BCUT2D eigenvalue weighted by atomic mass is 10.0. The number of ether oxygens (including phenoxy) is 2. The van der Waals surface area contributed by atoms with Crippen molar-refractivity contribution >= 4 is 23.1 Å². The standard InChI is InChI=1S/C16H20N2O6S2/c1-23-9-4-2-3-8(5-9)6-11-17-18-16(25-11)26-15-14(22)13(21)12(20)10(7-19)24-15/h2-5,10,12-15,19-22H,6-7H2,1H3/t10-,12-,13+,14-,15+/m1/s1. The zero-order chi connectivity index (χ0) is 18.7. The van der Waals surface area contributed by atoms with E-state index in [1.54, 1.807) is 7.11 Å². The van der Waals surface area contributed by atoms with Crippen LogP contribution in [0.15, 0.2) is 28.6 Å². The highest BCUT2D eigenvalue weighted by Gasteiger charge is 2.44. The lowest BCUT2D eigenvalue weighted by Crippen LogP contribution is -2.57. The van der Waals surface area contributed by atoms with Crippen LogP contribution in [0.1, 0.15) is 10.6 Å². The second-order valence-electron chi connectivity index (χ2n) is 5.81. The van der Waals surface area contributed by atoms with Gasteiger partial charge in [-0.25, -0.2) is 0 Å². The average molecular weight is 400 g/mol. The summed E-state index contributed by atoms with van der Waals surface area (Å²) in [4.78, 5) is 0. The second kappa shape index (κ2) is 8.61. The first-order valence-electron chi connectivity index (χ1n) is 7.94. The zero-order valence-electron chi connectivity index (χ0n) is 13.9. The van der Waals surface area contributed by atoms with Gasteiger partial charge in [-0.2, -0.15) is 0 Å². The summed E-state index contributed by atoms with van der Waals surface area (Å²) in [5.41, 5.74) is 0.174. The van der Waals surface area contributed by atoms with Gasteiger partial charge in [0.15, 0.2) is 4.34 Å². The van der Waals surface area contributed by atoms with Gasteiger partial charge in [-0.3, -0.25) is 0 Å². The van der Waals surface area contributed by atoms with E-state index in [-0.39, 0.29) is 0 Å². The molecule has 1 aromatic heterocycles. The molecule has 1 aliphatic rings. The van der Waals surface area contributed by atoms with Gasteiger partial charge in [0.05, 0.1) is 13.7 Å². The number of aliphatic hydroxyl groups is 4. The molecule has 1 saturated heterocycles. The fourth-order valence-electron chi connectivity index (χ4n) is 2.58. The largest absolute Gasteiger partial charge is 0.497 e. The molecule has 0 spiro atoms. The number of thioether (sulfide) groups is 1. The van der Waals surface area contributed by atoms with Crippen molar-refractivity contribution in [2.45, 2.75) is 40.6 Å². The van der Waals surface area contributed by atoms with Crippen LogP contribution >= 0.6 is 23.1 Å². The van der Waals surface area contributed by atoms with Crippen LogP contribution in [0.3, 0.4) is 0 Å². The third-order valence-electron chi connectivity index (χ3n) is 4.00. The number of aliphatic hydroxyl groups excluding tert-OH is 4. The van der Waals surface area contributed by atoms with Crippen LogP contribution in [-0.4, -0.2) is 74.2 Å².